The predicted octanol–water partition coefficient (Wildman–Crippen LogP) is 5.30. The number of likely N-dealkylation sites (N-methyl/N-ethyl adjacent to an activating group) is 1. The number of aliphatic hydroxyl groups is 1. The number of halogens is 1. The van der Waals surface area contributed by atoms with Crippen molar-refractivity contribution in [2.24, 2.45) is 24.8 Å². The third kappa shape index (κ3) is 18.1. The lowest BCUT2D eigenvalue weighted by Gasteiger charge is -2.42. The Hall–Kier alpha value is -7.28. The van der Waals surface area contributed by atoms with Gasteiger partial charge in [-0.25, -0.2) is 17.6 Å². The second-order valence-corrected chi connectivity index (χ2v) is 25.6. The summed E-state index contributed by atoms with van der Waals surface area (Å²) in [6.07, 6.45) is 10.1. The van der Waals surface area contributed by atoms with Crippen molar-refractivity contribution in [1.29, 1.82) is 0 Å². The van der Waals surface area contributed by atoms with E-state index in [-0.39, 0.29) is 73.3 Å². The maximum atomic E-state index is 15.3. The maximum Gasteiger partial charge on any atom is 0.410 e. The Kier molecular flexibility index (Phi) is 22.4. The number of aliphatic hydroxyl groups excluding tert-OH is 1. The minimum atomic E-state index is -3.74. The van der Waals surface area contributed by atoms with E-state index in [1.54, 1.807) is 57.9 Å². The third-order valence-electron chi connectivity index (χ3n) is 16.2. The lowest BCUT2D eigenvalue weighted by Crippen LogP contribution is -2.58. The molecule has 0 spiro atoms. The number of aryl methyl sites for hydroxylation is 1. The van der Waals surface area contributed by atoms with Crippen molar-refractivity contribution in [1.82, 2.24) is 34.5 Å². The fraction of sp³-hybridized carbons (Fsp3) is 0.541. The molecule has 85 heavy (non-hydrogen) atoms. The Bertz CT molecular complexity index is 3080. The summed E-state index contributed by atoms with van der Waals surface area (Å²) in [6.45, 7) is 14.9. The zero-order valence-electron chi connectivity index (χ0n) is 50.1. The van der Waals surface area contributed by atoms with E-state index in [4.69, 9.17) is 9.47 Å². The zero-order chi connectivity index (χ0) is 61.8. The molecule has 462 valence electrons. The van der Waals surface area contributed by atoms with E-state index in [9.17, 15) is 47.1 Å². The van der Waals surface area contributed by atoms with E-state index in [0.29, 0.717) is 98.5 Å². The first-order valence-corrected chi connectivity index (χ1v) is 30.8. The topological polar surface area (TPSA) is 259 Å². The number of benzene rings is 2. The minimum absolute atomic E-state index is 0.110. The number of cyclic esters (lactones) is 1. The van der Waals surface area contributed by atoms with Crippen LogP contribution in [0.4, 0.5) is 20.6 Å². The van der Waals surface area contributed by atoms with E-state index in [0.717, 1.165) is 10.5 Å². The molecule has 1 aromatic heterocycles. The van der Waals surface area contributed by atoms with E-state index in [1.165, 1.54) is 45.7 Å². The van der Waals surface area contributed by atoms with Crippen LogP contribution >= 0.6 is 0 Å². The number of esters is 1. The van der Waals surface area contributed by atoms with Crippen molar-refractivity contribution in [3.05, 3.63) is 102 Å². The summed E-state index contributed by atoms with van der Waals surface area (Å²) in [7, 11) is 0.0315. The number of nitrogens with one attached hydrogen (secondary N) is 3. The number of carbonyl (C=O) groups is 7. The predicted molar refractivity (Wildman–Crippen MR) is 317 cm³/mol. The van der Waals surface area contributed by atoms with Crippen LogP contribution in [0, 0.1) is 23.6 Å². The van der Waals surface area contributed by atoms with E-state index < -0.39 is 76.0 Å². The van der Waals surface area contributed by atoms with Gasteiger partial charge in [0, 0.05) is 87.4 Å². The summed E-state index contributed by atoms with van der Waals surface area (Å²) in [5, 5.41) is 23.3. The number of amides is 6. The van der Waals surface area contributed by atoms with Gasteiger partial charge in [-0.05, 0) is 98.9 Å². The van der Waals surface area contributed by atoms with Crippen LogP contribution in [0.3, 0.4) is 0 Å². The Morgan fingerprint density at radius 1 is 0.894 bits per heavy atom. The lowest BCUT2D eigenvalue weighted by atomic mass is 9.91. The first-order chi connectivity index (χ1) is 40.3. The number of nitrogens with zero attached hydrogens (tertiary/aromatic N) is 7. The van der Waals surface area contributed by atoms with Crippen LogP contribution in [0.5, 0.6) is 0 Å². The highest BCUT2D eigenvalue weighted by atomic mass is 32.2. The van der Waals surface area contributed by atoms with Crippen LogP contribution in [0.25, 0.3) is 6.08 Å². The SMILES string of the molecule is C/C(=C\c1cc(F)cc(N2CCN(S(=O)(=O)c3cnn(C)c3)CC2)c1)[C@H]1OC(=O)C[C@H](O)CC[C@H](C)[C@@H](OC(=O)N2CC[N+](C)(Cc3ccc(NC(=O)C(C)NC(=O)C(NC(=O)CCCCCN4C(=O)C=CC4=O)C(C)C)cc3)CC2)/C=C/[C@@H]1C. The number of anilines is 2. The molecule has 24 heteroatoms. The molecular weight excluding hydrogens is 1120 g/mol. The molecular formula is C61H84FN10O12S+. The standard InChI is InChI=1S/C61H83FN10O12S/c1-40(2)57(66-53(74)12-10-9-11-23-71-54(75)21-22-55(71)76)60(79)64-44(6)59(78)65-48-17-15-45(16-18-48)39-72(8)30-28-69(29-31-72)61(80)83-52-20-14-42(4)58(84-56(77)36-50(73)19-13-41(52)3)43(5)32-46-33-47(62)35-49(34-46)68-24-26-70(27-25-68)85(81,82)51-37-63-67(7)38-51/h14-18,20-22,32-35,37-38,40-42,44,50,52,57-58,73H,9-13,19,23-31,36,39H2,1-8H3,(H2-,64,65,66,74,78,79)/p+1/b20-14+,43-32+/t41-,42-,44?,50+,52-,57?,58-/m0/s1. The molecule has 2 saturated heterocycles. The first kappa shape index (κ1) is 65.3. The largest absolute Gasteiger partial charge is 0.457 e. The summed E-state index contributed by atoms with van der Waals surface area (Å²) >= 11 is 0. The van der Waals surface area contributed by atoms with Gasteiger partial charge in [0.15, 0.2) is 0 Å². The molecule has 7 rings (SSSR count). The molecule has 0 saturated carbocycles. The van der Waals surface area contributed by atoms with Gasteiger partial charge in [-0.15, -0.1) is 0 Å². The van der Waals surface area contributed by atoms with Gasteiger partial charge in [-0.3, -0.25) is 43.2 Å². The number of carbonyl (C=O) groups excluding carboxylic acids is 7. The molecule has 0 bridgehead atoms. The molecule has 4 aliphatic rings. The molecule has 4 aliphatic heterocycles. The number of piperazine rings is 2. The number of aromatic nitrogens is 2. The Balaban J connectivity index is 0.885. The number of ether oxygens (including phenoxy) is 2. The third-order valence-corrected chi connectivity index (χ3v) is 18.1. The number of unbranched alkanes of at least 4 members (excludes halogenated alkanes) is 2. The smallest absolute Gasteiger partial charge is 0.410 e. The summed E-state index contributed by atoms with van der Waals surface area (Å²) in [4.78, 5) is 94.9. The van der Waals surface area contributed by atoms with Gasteiger partial charge in [-0.2, -0.15) is 9.40 Å². The number of hydrogen-bond acceptors (Lipinski definition) is 14. The molecule has 2 unspecified atom stereocenters. The van der Waals surface area contributed by atoms with E-state index in [1.807, 2.05) is 49.1 Å². The Labute approximate surface area is 498 Å². The minimum Gasteiger partial charge on any atom is -0.457 e. The number of hydrogen-bond donors (Lipinski definition) is 4. The molecule has 3 aromatic rings. The van der Waals surface area contributed by atoms with Crippen molar-refractivity contribution in [2.45, 2.75) is 128 Å². The normalized spacial score (nSPS) is 22.9. The van der Waals surface area contributed by atoms with Gasteiger partial charge in [0.2, 0.25) is 27.7 Å². The first-order valence-electron chi connectivity index (χ1n) is 29.4. The van der Waals surface area contributed by atoms with Gasteiger partial charge < -0.3 is 39.9 Å². The summed E-state index contributed by atoms with van der Waals surface area (Å²) in [5.74, 6) is -3.90. The van der Waals surface area contributed by atoms with E-state index >= 15 is 4.39 Å². The summed E-state index contributed by atoms with van der Waals surface area (Å²) < 4.78 is 57.5. The lowest BCUT2D eigenvalue weighted by molar-refractivity contribution is -0.926. The average Bonchev–Trinajstić information content (AvgIpc) is 3.70. The fourth-order valence-electron chi connectivity index (χ4n) is 10.9. The van der Waals surface area contributed by atoms with Gasteiger partial charge in [0.05, 0.1) is 51.9 Å². The fourth-order valence-corrected chi connectivity index (χ4v) is 12.3. The molecule has 4 N–H and O–H groups in total. The van der Waals surface area contributed by atoms with Crippen molar-refractivity contribution < 1.29 is 65.4 Å². The van der Waals surface area contributed by atoms with Crippen LogP contribution in [-0.4, -0.2) is 180 Å². The summed E-state index contributed by atoms with van der Waals surface area (Å²) in [5.41, 5.74) is 3.26. The van der Waals surface area contributed by atoms with Gasteiger partial charge >= 0.3 is 12.1 Å². The average molecular weight is 1200 g/mol. The molecule has 0 radical (unpaired) electrons. The Morgan fingerprint density at radius 2 is 1.58 bits per heavy atom. The Morgan fingerprint density at radius 3 is 2.22 bits per heavy atom. The molecule has 5 heterocycles. The molecule has 2 fully saturated rings. The van der Waals surface area contributed by atoms with Crippen molar-refractivity contribution in [3.63, 3.8) is 0 Å². The summed E-state index contributed by atoms with van der Waals surface area (Å²) in [6, 6.07) is 10.3. The molecule has 7 atom stereocenters. The van der Waals surface area contributed by atoms with Crippen LogP contribution in [0.2, 0.25) is 0 Å². The molecule has 22 nitrogen and oxygen atoms in total. The van der Waals surface area contributed by atoms with Crippen LogP contribution in [0.1, 0.15) is 97.6 Å². The van der Waals surface area contributed by atoms with Crippen molar-refractivity contribution in [3.8, 4) is 0 Å². The van der Waals surface area contributed by atoms with E-state index in [2.05, 4.69) is 28.1 Å². The zero-order valence-corrected chi connectivity index (χ0v) is 50.9. The number of quaternary nitrogens is 1. The monoisotopic (exact) mass is 1200 g/mol. The second kappa shape index (κ2) is 29.2. The molecule has 2 aromatic carbocycles. The molecule has 0 aliphatic carbocycles. The van der Waals surface area contributed by atoms with Crippen LogP contribution in [0.15, 0.2) is 89.6 Å². The van der Waals surface area contributed by atoms with Gasteiger partial charge in [0.1, 0.15) is 41.5 Å². The quantitative estimate of drug-likeness (QED) is 0.0369. The van der Waals surface area contributed by atoms with Crippen LogP contribution < -0.4 is 20.9 Å². The maximum absolute atomic E-state index is 15.3. The number of sulfonamides is 1. The van der Waals surface area contributed by atoms with Crippen molar-refractivity contribution >= 4 is 69.1 Å². The number of imide groups is 1. The molecule has 6 amide bonds. The highest BCUT2D eigenvalue weighted by Gasteiger charge is 2.36. The van der Waals surface area contributed by atoms with Crippen molar-refractivity contribution in [2.75, 3.05) is 76.2 Å². The highest BCUT2D eigenvalue weighted by molar-refractivity contribution is 7.89. The number of rotatable bonds is 20. The second-order valence-electron chi connectivity index (χ2n) is 23.7. The van der Waals surface area contributed by atoms with Gasteiger partial charge in [0.25, 0.3) is 11.8 Å². The van der Waals surface area contributed by atoms with Crippen LogP contribution in [-0.2, 0) is 61.9 Å². The highest BCUT2D eigenvalue weighted by Crippen LogP contribution is 2.29. The van der Waals surface area contributed by atoms with Gasteiger partial charge in [-0.1, -0.05) is 58.4 Å².